The maximum atomic E-state index is 16.2. The molecule has 6 aromatic carbocycles. The van der Waals surface area contributed by atoms with Crippen LogP contribution in [-0.4, -0.2) is 59.1 Å². The third-order valence-corrected chi connectivity index (χ3v) is 11.1. The van der Waals surface area contributed by atoms with Crippen LogP contribution in [-0.2, 0) is 27.4 Å². The first kappa shape index (κ1) is 48.4. The molecule has 2 amide bonds. The Kier molecular flexibility index (Phi) is 15.3. The van der Waals surface area contributed by atoms with Gasteiger partial charge in [-0.05, 0) is 71.8 Å². The summed E-state index contributed by atoms with van der Waals surface area (Å²) >= 11 is 12.6. The highest BCUT2D eigenvalue weighted by atomic mass is 35.5. The molecular weight excluding hydrogens is 907 g/mol. The van der Waals surface area contributed by atoms with Crippen molar-refractivity contribution >= 4 is 58.1 Å². The Morgan fingerprint density at radius 1 is 0.652 bits per heavy atom. The summed E-state index contributed by atoms with van der Waals surface area (Å²) in [5.74, 6) is -4.84. The molecule has 0 fully saturated rings. The summed E-state index contributed by atoms with van der Waals surface area (Å²) in [7, 11) is 6.79. The molecule has 7 rings (SSSR count). The number of Topliss-reactive ketones (excluding diaryl/α,β-unsaturated/α-hetero) is 1. The van der Waals surface area contributed by atoms with Crippen molar-refractivity contribution in [2.75, 3.05) is 45.3 Å². The molecule has 6 aromatic rings. The molecule has 0 unspecified atom stereocenters. The fourth-order valence-corrected chi connectivity index (χ4v) is 7.88. The molecule has 342 valence electrons. The Hall–Kier alpha value is -7.10. The molecule has 0 aromatic heterocycles. The number of methoxy groups -OCH3 is 5. The molecule has 0 N–H and O–H groups in total. The first-order valence-electron chi connectivity index (χ1n) is 19.7. The van der Waals surface area contributed by atoms with Crippen molar-refractivity contribution in [1.29, 1.82) is 0 Å². The van der Waals surface area contributed by atoms with Gasteiger partial charge in [-0.25, -0.2) is 22.4 Å². The summed E-state index contributed by atoms with van der Waals surface area (Å²) in [6.45, 7) is 1.15. The number of anilines is 2. The molecular formula is C49H40Cl2F4N2O9. The van der Waals surface area contributed by atoms with E-state index in [9.17, 15) is 28.0 Å². The van der Waals surface area contributed by atoms with Crippen LogP contribution in [0.2, 0.25) is 10.0 Å². The van der Waals surface area contributed by atoms with Crippen molar-refractivity contribution in [2.45, 2.75) is 26.4 Å². The van der Waals surface area contributed by atoms with Gasteiger partial charge in [0.1, 0.15) is 34.6 Å². The maximum absolute atomic E-state index is 16.2. The van der Waals surface area contributed by atoms with Crippen molar-refractivity contribution in [3.05, 3.63) is 153 Å². The number of ether oxygens (including phenoxy) is 5. The number of amides is 2. The van der Waals surface area contributed by atoms with E-state index in [1.165, 1.54) is 70.6 Å². The SMILES string of the molecule is COC(=O)c1cc(Cl)c(-c2c(F)cccc2OC)c(F)c1N(Cc1ccc(OC)cc1)C(C)=O.COc1ccc(CN2C(=O)CC(=O)c3cc(Cl)c(-c4c(F)cccc4OC)c(F)c32)cc1. The van der Waals surface area contributed by atoms with Gasteiger partial charge in [0.15, 0.2) is 17.4 Å². The quantitative estimate of drug-likeness (QED) is 0.0671. The predicted octanol–water partition coefficient (Wildman–Crippen LogP) is 11.1. The maximum Gasteiger partial charge on any atom is 0.340 e. The van der Waals surface area contributed by atoms with Crippen LogP contribution in [0.15, 0.2) is 97.1 Å². The third kappa shape index (κ3) is 9.77. The van der Waals surface area contributed by atoms with Gasteiger partial charge in [-0.1, -0.05) is 59.6 Å². The second kappa shape index (κ2) is 20.8. The fraction of sp³-hybridized carbons (Fsp3) is 0.184. The number of hydrogen-bond acceptors (Lipinski definition) is 9. The summed E-state index contributed by atoms with van der Waals surface area (Å²) in [4.78, 5) is 52.7. The number of carbonyl (C=O) groups excluding carboxylic acids is 4. The van der Waals surface area contributed by atoms with Crippen LogP contribution in [0.1, 0.15) is 45.2 Å². The zero-order valence-electron chi connectivity index (χ0n) is 36.2. The van der Waals surface area contributed by atoms with E-state index >= 15 is 8.78 Å². The van der Waals surface area contributed by atoms with Gasteiger partial charge in [0.25, 0.3) is 0 Å². The molecule has 0 atom stereocenters. The van der Waals surface area contributed by atoms with Crippen LogP contribution < -0.4 is 28.7 Å². The normalized spacial score (nSPS) is 11.8. The lowest BCUT2D eigenvalue weighted by Crippen LogP contribution is -2.38. The lowest BCUT2D eigenvalue weighted by Gasteiger charge is -2.30. The molecule has 0 bridgehead atoms. The van der Waals surface area contributed by atoms with E-state index in [-0.39, 0.29) is 79.4 Å². The van der Waals surface area contributed by atoms with Gasteiger partial charge in [0.05, 0.1) is 93.2 Å². The molecule has 66 heavy (non-hydrogen) atoms. The van der Waals surface area contributed by atoms with Gasteiger partial charge in [0, 0.05) is 23.6 Å². The molecule has 17 heteroatoms. The molecule has 1 aliphatic heterocycles. The number of hydrogen-bond donors (Lipinski definition) is 0. The first-order valence-corrected chi connectivity index (χ1v) is 20.5. The number of nitrogens with zero attached hydrogens (tertiary/aromatic N) is 2. The van der Waals surface area contributed by atoms with Crippen molar-refractivity contribution in [3.8, 4) is 45.3 Å². The molecule has 0 spiro atoms. The van der Waals surface area contributed by atoms with Crippen molar-refractivity contribution in [3.63, 3.8) is 0 Å². The van der Waals surface area contributed by atoms with Crippen molar-refractivity contribution < 1.29 is 60.4 Å². The summed E-state index contributed by atoms with van der Waals surface area (Å²) in [6, 6.07) is 24.1. The number of halogens is 6. The van der Waals surface area contributed by atoms with E-state index in [0.29, 0.717) is 22.6 Å². The summed E-state index contributed by atoms with van der Waals surface area (Å²) in [5.41, 5.74) is -0.653. The van der Waals surface area contributed by atoms with Crippen LogP contribution in [0.25, 0.3) is 22.3 Å². The number of benzene rings is 6. The van der Waals surface area contributed by atoms with Gasteiger partial charge in [-0.3, -0.25) is 14.4 Å². The first-order chi connectivity index (χ1) is 31.6. The highest BCUT2D eigenvalue weighted by molar-refractivity contribution is 6.35. The zero-order valence-corrected chi connectivity index (χ0v) is 37.7. The molecule has 0 saturated heterocycles. The predicted molar refractivity (Wildman–Crippen MR) is 241 cm³/mol. The van der Waals surface area contributed by atoms with Crippen LogP contribution in [0, 0.1) is 23.3 Å². The molecule has 0 radical (unpaired) electrons. The number of carbonyl (C=O) groups is 4. The summed E-state index contributed by atoms with van der Waals surface area (Å²) in [6.07, 6.45) is -0.415. The molecule has 11 nitrogen and oxygen atoms in total. The minimum atomic E-state index is -1.07. The Bertz CT molecular complexity index is 2840. The smallest absolute Gasteiger partial charge is 0.340 e. The van der Waals surface area contributed by atoms with Crippen molar-refractivity contribution in [2.24, 2.45) is 0 Å². The van der Waals surface area contributed by atoms with Crippen LogP contribution in [0.5, 0.6) is 23.0 Å². The Labute approximate surface area is 386 Å². The standard InChI is InChI=1S/C25H22ClF2NO5.C24H18ClF2NO4/c1-14(30)29(13-15-8-10-16(32-2)11-9-15)24-17(25(31)34-4)12-18(26)21(23(24)28)22-19(27)6-5-7-20(22)33-3;1-31-14-8-6-13(7-9-14)12-28-20(30)11-18(29)15-10-16(25)21(23(27)24(15)28)22-17(26)4-3-5-19(22)32-2/h5-12H,13H2,1-4H3;3-10H,11-12H2,1-2H3. The van der Waals surface area contributed by atoms with Gasteiger partial charge in [-0.2, -0.15) is 0 Å². The molecule has 0 saturated carbocycles. The average Bonchev–Trinajstić information content (AvgIpc) is 3.30. The van der Waals surface area contributed by atoms with E-state index in [1.54, 1.807) is 48.5 Å². The molecule has 1 heterocycles. The second-order valence-corrected chi connectivity index (χ2v) is 15.2. The average molecular weight is 948 g/mol. The monoisotopic (exact) mass is 946 g/mol. The molecule has 0 aliphatic carbocycles. The Morgan fingerprint density at radius 3 is 1.64 bits per heavy atom. The number of rotatable bonds is 12. The van der Waals surface area contributed by atoms with E-state index in [1.807, 2.05) is 0 Å². The highest BCUT2D eigenvalue weighted by Crippen LogP contribution is 2.46. The van der Waals surface area contributed by atoms with E-state index < -0.39 is 53.3 Å². The topological polar surface area (TPSA) is 121 Å². The van der Waals surface area contributed by atoms with Gasteiger partial charge in [-0.15, -0.1) is 0 Å². The molecule has 1 aliphatic rings. The van der Waals surface area contributed by atoms with Crippen LogP contribution >= 0.6 is 23.2 Å². The van der Waals surface area contributed by atoms with Gasteiger partial charge in [0.2, 0.25) is 11.8 Å². The lowest BCUT2D eigenvalue weighted by molar-refractivity contribution is -0.118. The number of esters is 1. The highest BCUT2D eigenvalue weighted by Gasteiger charge is 2.36. The Morgan fingerprint density at radius 2 is 1.15 bits per heavy atom. The van der Waals surface area contributed by atoms with Crippen molar-refractivity contribution in [1.82, 2.24) is 0 Å². The summed E-state index contributed by atoms with van der Waals surface area (Å²) < 4.78 is 87.1. The Balaban J connectivity index is 0.000000219. The second-order valence-electron chi connectivity index (χ2n) is 14.4. The minimum absolute atomic E-state index is 0.00943. The lowest BCUT2D eigenvalue weighted by atomic mass is 9.93. The number of ketones is 1. The summed E-state index contributed by atoms with van der Waals surface area (Å²) in [5, 5.41) is -0.408. The van der Waals surface area contributed by atoms with Gasteiger partial charge < -0.3 is 33.5 Å². The van der Waals surface area contributed by atoms with E-state index in [4.69, 9.17) is 46.9 Å². The largest absolute Gasteiger partial charge is 0.497 e. The number of fused-ring (bicyclic) bond motifs is 1. The fourth-order valence-electron chi connectivity index (χ4n) is 7.31. The van der Waals surface area contributed by atoms with Gasteiger partial charge >= 0.3 is 5.97 Å². The van der Waals surface area contributed by atoms with E-state index in [0.717, 1.165) is 30.2 Å². The van der Waals surface area contributed by atoms with Crippen LogP contribution in [0.4, 0.5) is 28.9 Å². The van der Waals surface area contributed by atoms with Crippen LogP contribution in [0.3, 0.4) is 0 Å². The zero-order chi connectivity index (χ0) is 48.0. The third-order valence-electron chi connectivity index (χ3n) is 10.5. The van der Waals surface area contributed by atoms with E-state index in [2.05, 4.69) is 0 Å². The minimum Gasteiger partial charge on any atom is -0.497 e.